The minimum Gasteiger partial charge on any atom is -0.494 e. The zero-order valence-electron chi connectivity index (χ0n) is 19.3. The molecule has 0 N–H and O–H groups in total. The van der Waals surface area contributed by atoms with Crippen LogP contribution in [0.4, 0.5) is 4.79 Å². The number of piperidine rings is 1. The molecule has 0 saturated carbocycles. The summed E-state index contributed by atoms with van der Waals surface area (Å²) in [4.78, 5) is 14.1. The Kier molecular flexibility index (Phi) is 8.39. The van der Waals surface area contributed by atoms with Crippen LogP contribution < -0.4 is 4.74 Å². The summed E-state index contributed by atoms with van der Waals surface area (Å²) in [6, 6.07) is 19.2. The van der Waals surface area contributed by atoms with Gasteiger partial charge in [0.05, 0.1) is 6.61 Å². The van der Waals surface area contributed by atoms with Gasteiger partial charge in [0.1, 0.15) is 11.4 Å². The van der Waals surface area contributed by atoms with Crippen LogP contribution in [0.3, 0.4) is 0 Å². The minimum absolute atomic E-state index is 0.196. The molecule has 2 aromatic rings. The molecule has 1 fully saturated rings. The van der Waals surface area contributed by atoms with Gasteiger partial charge in [0.25, 0.3) is 0 Å². The highest BCUT2D eigenvalue weighted by Gasteiger charge is 2.27. The summed E-state index contributed by atoms with van der Waals surface area (Å²) in [5, 5.41) is 0. The first-order valence-electron chi connectivity index (χ1n) is 11.7. The van der Waals surface area contributed by atoms with Gasteiger partial charge in [0.2, 0.25) is 0 Å². The molecule has 0 spiro atoms. The van der Waals surface area contributed by atoms with Crippen molar-refractivity contribution >= 4 is 6.09 Å². The van der Waals surface area contributed by atoms with E-state index in [1.54, 1.807) is 0 Å². The number of ether oxygens (including phenoxy) is 2. The molecule has 2 aromatic carbocycles. The van der Waals surface area contributed by atoms with Crippen molar-refractivity contribution in [3.63, 3.8) is 0 Å². The van der Waals surface area contributed by atoms with E-state index in [1.165, 1.54) is 24.0 Å². The maximum atomic E-state index is 12.2. The Morgan fingerprint density at radius 2 is 1.61 bits per heavy atom. The number of hydrogen-bond acceptors (Lipinski definition) is 3. The van der Waals surface area contributed by atoms with Crippen molar-refractivity contribution in [2.45, 2.75) is 70.8 Å². The summed E-state index contributed by atoms with van der Waals surface area (Å²) in [6.07, 6.45) is 6.36. The third-order valence-corrected chi connectivity index (χ3v) is 5.72. The second kappa shape index (κ2) is 11.2. The molecule has 0 bridgehead atoms. The lowest BCUT2D eigenvalue weighted by atomic mass is 9.89. The molecule has 0 aromatic heterocycles. The molecule has 1 aliphatic rings. The van der Waals surface area contributed by atoms with E-state index in [9.17, 15) is 4.79 Å². The van der Waals surface area contributed by atoms with Crippen LogP contribution in [0.1, 0.15) is 69.9 Å². The lowest BCUT2D eigenvalue weighted by Crippen LogP contribution is -2.41. The average molecular weight is 424 g/mol. The number of rotatable bonds is 8. The van der Waals surface area contributed by atoms with Crippen molar-refractivity contribution in [3.8, 4) is 5.75 Å². The fourth-order valence-corrected chi connectivity index (χ4v) is 4.00. The van der Waals surface area contributed by atoms with E-state index in [4.69, 9.17) is 9.47 Å². The van der Waals surface area contributed by atoms with Gasteiger partial charge in [-0.3, -0.25) is 0 Å². The highest BCUT2D eigenvalue weighted by atomic mass is 16.6. The van der Waals surface area contributed by atoms with E-state index in [1.807, 2.05) is 25.7 Å². The van der Waals surface area contributed by atoms with Gasteiger partial charge in [-0.05, 0) is 88.5 Å². The van der Waals surface area contributed by atoms with E-state index >= 15 is 0 Å². The molecule has 1 aliphatic heterocycles. The molecule has 1 saturated heterocycles. The number of carbonyl (C=O) groups is 1. The van der Waals surface area contributed by atoms with Crippen LogP contribution in [0.2, 0.25) is 0 Å². The van der Waals surface area contributed by atoms with Crippen LogP contribution in [0, 0.1) is 0 Å². The standard InChI is InChI=1S/C27H37NO3/c1-27(2,3)31-26(29)28-19-17-24(18-20-28)23-13-15-25(16-14-23)30-21-9-5-8-12-22-10-6-4-7-11-22/h4,6-7,10-11,13-16,24H,5,8-9,12,17-21H2,1-3H3. The van der Waals surface area contributed by atoms with Crippen LogP contribution in [0.25, 0.3) is 0 Å². The summed E-state index contributed by atoms with van der Waals surface area (Å²) in [6.45, 7) is 7.99. The predicted molar refractivity (Wildman–Crippen MR) is 126 cm³/mol. The molecule has 4 heteroatoms. The second-order valence-electron chi connectivity index (χ2n) is 9.46. The van der Waals surface area contributed by atoms with Crippen molar-refractivity contribution in [2.24, 2.45) is 0 Å². The summed E-state index contributed by atoms with van der Waals surface area (Å²) >= 11 is 0. The third kappa shape index (κ3) is 7.93. The van der Waals surface area contributed by atoms with Crippen molar-refractivity contribution in [1.82, 2.24) is 4.90 Å². The van der Waals surface area contributed by atoms with Gasteiger partial charge in [0, 0.05) is 13.1 Å². The molecule has 0 atom stereocenters. The monoisotopic (exact) mass is 423 g/mol. The first kappa shape index (κ1) is 23.2. The highest BCUT2D eigenvalue weighted by molar-refractivity contribution is 5.68. The Labute approximate surface area is 187 Å². The largest absolute Gasteiger partial charge is 0.494 e. The van der Waals surface area contributed by atoms with E-state index in [2.05, 4.69) is 54.6 Å². The normalized spacial score (nSPS) is 15.0. The van der Waals surface area contributed by atoms with Gasteiger partial charge < -0.3 is 14.4 Å². The smallest absolute Gasteiger partial charge is 0.410 e. The Bertz CT molecular complexity index is 787. The molecule has 1 amide bonds. The first-order valence-corrected chi connectivity index (χ1v) is 11.7. The summed E-state index contributed by atoms with van der Waals surface area (Å²) < 4.78 is 11.4. The molecule has 0 unspecified atom stereocenters. The second-order valence-corrected chi connectivity index (χ2v) is 9.46. The van der Waals surface area contributed by atoms with Gasteiger partial charge >= 0.3 is 6.09 Å². The minimum atomic E-state index is -0.439. The Hall–Kier alpha value is -2.49. The van der Waals surface area contributed by atoms with Crippen molar-refractivity contribution in [1.29, 1.82) is 0 Å². The molecule has 168 valence electrons. The number of carbonyl (C=O) groups excluding carboxylic acids is 1. The van der Waals surface area contributed by atoms with E-state index in [0.717, 1.165) is 51.1 Å². The van der Waals surface area contributed by atoms with Gasteiger partial charge in [-0.25, -0.2) is 4.79 Å². The third-order valence-electron chi connectivity index (χ3n) is 5.72. The van der Waals surface area contributed by atoms with E-state index in [-0.39, 0.29) is 6.09 Å². The lowest BCUT2D eigenvalue weighted by Gasteiger charge is -2.33. The summed E-state index contributed by atoms with van der Waals surface area (Å²) in [5.74, 6) is 1.43. The molecule has 1 heterocycles. The van der Waals surface area contributed by atoms with Gasteiger partial charge in [-0.1, -0.05) is 42.5 Å². The number of nitrogens with zero attached hydrogens (tertiary/aromatic N) is 1. The van der Waals surface area contributed by atoms with Crippen molar-refractivity contribution < 1.29 is 14.3 Å². The summed E-state index contributed by atoms with van der Waals surface area (Å²) in [7, 11) is 0. The highest BCUT2D eigenvalue weighted by Crippen LogP contribution is 2.30. The zero-order valence-corrected chi connectivity index (χ0v) is 19.3. The number of hydrogen-bond donors (Lipinski definition) is 0. The quantitative estimate of drug-likeness (QED) is 0.449. The molecule has 3 rings (SSSR count). The van der Waals surface area contributed by atoms with Crippen LogP contribution in [-0.2, 0) is 11.2 Å². The lowest BCUT2D eigenvalue weighted by molar-refractivity contribution is 0.0205. The maximum absolute atomic E-state index is 12.2. The Morgan fingerprint density at radius 3 is 2.26 bits per heavy atom. The predicted octanol–water partition coefficient (Wildman–Crippen LogP) is 6.59. The molecule has 0 aliphatic carbocycles. The van der Waals surface area contributed by atoms with E-state index < -0.39 is 5.60 Å². The van der Waals surface area contributed by atoms with Gasteiger partial charge in [-0.15, -0.1) is 0 Å². The maximum Gasteiger partial charge on any atom is 0.410 e. The SMILES string of the molecule is CC(C)(C)OC(=O)N1CCC(c2ccc(OCCCCCc3ccccc3)cc2)CC1. The fourth-order valence-electron chi connectivity index (χ4n) is 4.00. The zero-order chi connectivity index (χ0) is 22.1. The molecule has 0 radical (unpaired) electrons. The van der Waals surface area contributed by atoms with Crippen LogP contribution in [-0.4, -0.2) is 36.3 Å². The molecule has 31 heavy (non-hydrogen) atoms. The Balaban J connectivity index is 1.33. The van der Waals surface area contributed by atoms with E-state index in [0.29, 0.717) is 5.92 Å². The molecular formula is C27H37NO3. The number of benzene rings is 2. The number of likely N-dealkylation sites (tertiary alicyclic amines) is 1. The first-order chi connectivity index (χ1) is 14.9. The van der Waals surface area contributed by atoms with Gasteiger partial charge in [-0.2, -0.15) is 0 Å². The Morgan fingerprint density at radius 1 is 0.935 bits per heavy atom. The summed E-state index contributed by atoms with van der Waals surface area (Å²) in [5.41, 5.74) is 2.31. The number of aryl methyl sites for hydroxylation is 1. The average Bonchev–Trinajstić information content (AvgIpc) is 2.76. The van der Waals surface area contributed by atoms with Crippen LogP contribution in [0.5, 0.6) is 5.75 Å². The fraction of sp³-hybridized carbons (Fsp3) is 0.519. The topological polar surface area (TPSA) is 38.8 Å². The van der Waals surface area contributed by atoms with Crippen LogP contribution in [0.15, 0.2) is 54.6 Å². The van der Waals surface area contributed by atoms with Crippen molar-refractivity contribution in [3.05, 3.63) is 65.7 Å². The number of unbranched alkanes of at least 4 members (excludes halogenated alkanes) is 2. The van der Waals surface area contributed by atoms with Gasteiger partial charge in [0.15, 0.2) is 0 Å². The van der Waals surface area contributed by atoms with Crippen LogP contribution >= 0.6 is 0 Å². The molecular weight excluding hydrogens is 386 g/mol. The number of amides is 1. The molecule has 4 nitrogen and oxygen atoms in total. The van der Waals surface area contributed by atoms with Crippen molar-refractivity contribution in [2.75, 3.05) is 19.7 Å².